The van der Waals surface area contributed by atoms with E-state index in [9.17, 15) is 9.59 Å². The van der Waals surface area contributed by atoms with Gasteiger partial charge in [-0.2, -0.15) is 0 Å². The van der Waals surface area contributed by atoms with E-state index >= 15 is 0 Å². The molecule has 86 valence electrons. The van der Waals surface area contributed by atoms with Gasteiger partial charge in [0.25, 0.3) is 0 Å². The number of carbonyl (C=O) groups excluding carboxylic acids is 2. The van der Waals surface area contributed by atoms with Crippen LogP contribution < -0.4 is 5.48 Å². The van der Waals surface area contributed by atoms with Crippen LogP contribution in [0, 0.1) is 5.92 Å². The zero-order chi connectivity index (χ0) is 11.5. The summed E-state index contributed by atoms with van der Waals surface area (Å²) >= 11 is 0. The molecule has 1 unspecified atom stereocenters. The Morgan fingerprint density at radius 3 is 3.12 bits per heavy atom. The fourth-order valence-electron chi connectivity index (χ4n) is 1.78. The molecule has 0 spiro atoms. The first-order valence-electron chi connectivity index (χ1n) is 4.95. The monoisotopic (exact) mass is 224 g/mol. The van der Waals surface area contributed by atoms with E-state index in [0.717, 1.165) is 0 Å². The third-order valence-corrected chi connectivity index (χ3v) is 2.62. The molecule has 0 aromatic carbocycles. The summed E-state index contributed by atoms with van der Waals surface area (Å²) in [4.78, 5) is 24.2. The zero-order valence-corrected chi connectivity index (χ0v) is 8.55. The van der Waals surface area contributed by atoms with Crippen molar-refractivity contribution in [2.75, 3.05) is 6.54 Å². The molecule has 1 aliphatic rings. The number of amides is 2. The number of furan rings is 1. The predicted octanol–water partition coefficient (Wildman–Crippen LogP) is 0.133. The van der Waals surface area contributed by atoms with Crippen LogP contribution in [0.3, 0.4) is 0 Å². The van der Waals surface area contributed by atoms with Crippen LogP contribution in [0.4, 0.5) is 0 Å². The molecule has 2 heterocycles. The van der Waals surface area contributed by atoms with E-state index in [1.165, 1.54) is 6.26 Å². The lowest BCUT2D eigenvalue weighted by Gasteiger charge is -2.14. The van der Waals surface area contributed by atoms with Crippen LogP contribution in [0.1, 0.15) is 12.2 Å². The summed E-state index contributed by atoms with van der Waals surface area (Å²) in [6.07, 6.45) is 1.67. The smallest absolute Gasteiger partial charge is 0.248 e. The van der Waals surface area contributed by atoms with Crippen molar-refractivity contribution < 1.29 is 19.2 Å². The highest BCUT2D eigenvalue weighted by Crippen LogP contribution is 2.20. The quantitative estimate of drug-likeness (QED) is 0.565. The Kier molecular flexibility index (Phi) is 2.91. The van der Waals surface area contributed by atoms with Crippen LogP contribution in [0.15, 0.2) is 22.8 Å². The molecule has 0 aliphatic carbocycles. The molecular formula is C10H12N2O4. The Bertz CT molecular complexity index is 388. The fraction of sp³-hybridized carbons (Fsp3) is 0.400. The summed E-state index contributed by atoms with van der Waals surface area (Å²) < 4.78 is 5.12. The molecular weight excluding hydrogens is 212 g/mol. The first kappa shape index (κ1) is 10.7. The van der Waals surface area contributed by atoms with Crippen molar-refractivity contribution in [2.45, 2.75) is 13.0 Å². The Balaban J connectivity index is 1.97. The largest absolute Gasteiger partial charge is 0.467 e. The second-order valence-electron chi connectivity index (χ2n) is 3.73. The number of hydroxylamine groups is 1. The number of nitrogens with one attached hydrogen (secondary N) is 1. The Morgan fingerprint density at radius 1 is 1.69 bits per heavy atom. The standard InChI is InChI=1S/C10H12N2O4/c13-9-4-7(10(14)11-15)5-12(9)6-8-2-1-3-16-8/h1-3,7,15H,4-6H2,(H,11,14). The highest BCUT2D eigenvalue weighted by Gasteiger charge is 2.34. The Morgan fingerprint density at radius 2 is 2.50 bits per heavy atom. The molecule has 16 heavy (non-hydrogen) atoms. The second kappa shape index (κ2) is 4.36. The molecule has 0 saturated carbocycles. The van der Waals surface area contributed by atoms with Crippen molar-refractivity contribution >= 4 is 11.8 Å². The number of carbonyl (C=O) groups is 2. The van der Waals surface area contributed by atoms with Gasteiger partial charge in [0.05, 0.1) is 18.7 Å². The molecule has 1 aliphatic heterocycles. The van der Waals surface area contributed by atoms with E-state index in [1.807, 2.05) is 0 Å². The maximum Gasteiger partial charge on any atom is 0.248 e. The molecule has 2 rings (SSSR count). The molecule has 1 aromatic rings. The average molecular weight is 224 g/mol. The van der Waals surface area contributed by atoms with Gasteiger partial charge in [-0.25, -0.2) is 5.48 Å². The van der Waals surface area contributed by atoms with Crippen LogP contribution in [0.25, 0.3) is 0 Å². The summed E-state index contributed by atoms with van der Waals surface area (Å²) in [5, 5.41) is 8.48. The van der Waals surface area contributed by atoms with Crippen molar-refractivity contribution in [3.63, 3.8) is 0 Å². The lowest BCUT2D eigenvalue weighted by atomic mass is 10.1. The fourth-order valence-corrected chi connectivity index (χ4v) is 1.78. The molecule has 0 bridgehead atoms. The van der Waals surface area contributed by atoms with Gasteiger partial charge in [-0.1, -0.05) is 0 Å². The molecule has 0 radical (unpaired) electrons. The average Bonchev–Trinajstić information content (AvgIpc) is 2.89. The van der Waals surface area contributed by atoms with E-state index in [2.05, 4.69) is 0 Å². The van der Waals surface area contributed by atoms with Crippen molar-refractivity contribution in [1.82, 2.24) is 10.4 Å². The van der Waals surface area contributed by atoms with Crippen LogP contribution in [0.2, 0.25) is 0 Å². The van der Waals surface area contributed by atoms with Crippen LogP contribution in [-0.2, 0) is 16.1 Å². The molecule has 2 amide bonds. The van der Waals surface area contributed by atoms with Crippen molar-refractivity contribution in [2.24, 2.45) is 5.92 Å². The van der Waals surface area contributed by atoms with Crippen LogP contribution >= 0.6 is 0 Å². The van der Waals surface area contributed by atoms with Gasteiger partial charge in [-0.05, 0) is 12.1 Å². The second-order valence-corrected chi connectivity index (χ2v) is 3.73. The van der Waals surface area contributed by atoms with Crippen molar-refractivity contribution in [1.29, 1.82) is 0 Å². The third kappa shape index (κ3) is 2.06. The Hall–Kier alpha value is -1.82. The number of likely N-dealkylation sites (tertiary alicyclic amines) is 1. The summed E-state index contributed by atoms with van der Waals surface area (Å²) in [6, 6.07) is 3.51. The van der Waals surface area contributed by atoms with Crippen molar-refractivity contribution in [3.05, 3.63) is 24.2 Å². The van der Waals surface area contributed by atoms with Gasteiger partial charge in [-0.3, -0.25) is 14.8 Å². The van der Waals surface area contributed by atoms with Gasteiger partial charge in [0.1, 0.15) is 5.76 Å². The predicted molar refractivity (Wildman–Crippen MR) is 52.2 cm³/mol. The van der Waals surface area contributed by atoms with Gasteiger partial charge in [0.2, 0.25) is 11.8 Å². The van der Waals surface area contributed by atoms with E-state index in [-0.39, 0.29) is 12.3 Å². The molecule has 1 atom stereocenters. The molecule has 1 aromatic heterocycles. The summed E-state index contributed by atoms with van der Waals surface area (Å²) in [5.41, 5.74) is 1.57. The number of hydrogen-bond donors (Lipinski definition) is 2. The number of rotatable bonds is 3. The van der Waals surface area contributed by atoms with Gasteiger partial charge in [-0.15, -0.1) is 0 Å². The van der Waals surface area contributed by atoms with Gasteiger partial charge in [0.15, 0.2) is 0 Å². The minimum absolute atomic E-state index is 0.106. The highest BCUT2D eigenvalue weighted by molar-refractivity contribution is 5.88. The first-order valence-corrected chi connectivity index (χ1v) is 4.95. The highest BCUT2D eigenvalue weighted by atomic mass is 16.5. The molecule has 1 fully saturated rings. The van der Waals surface area contributed by atoms with E-state index < -0.39 is 11.8 Å². The van der Waals surface area contributed by atoms with Gasteiger partial charge < -0.3 is 9.32 Å². The third-order valence-electron chi connectivity index (χ3n) is 2.62. The van der Waals surface area contributed by atoms with Crippen LogP contribution in [0.5, 0.6) is 0 Å². The number of hydrogen-bond acceptors (Lipinski definition) is 4. The van der Waals surface area contributed by atoms with Crippen molar-refractivity contribution in [3.8, 4) is 0 Å². The van der Waals surface area contributed by atoms with Crippen LogP contribution in [-0.4, -0.2) is 28.5 Å². The van der Waals surface area contributed by atoms with E-state index in [1.54, 1.807) is 22.5 Å². The molecule has 1 saturated heterocycles. The SMILES string of the molecule is O=C(NO)C1CC(=O)N(Cc2ccco2)C1. The summed E-state index contributed by atoms with van der Waals surface area (Å²) in [6.45, 7) is 0.674. The maximum atomic E-state index is 11.6. The minimum atomic E-state index is -0.518. The van der Waals surface area contributed by atoms with E-state index in [4.69, 9.17) is 9.62 Å². The topological polar surface area (TPSA) is 82.8 Å². The zero-order valence-electron chi connectivity index (χ0n) is 8.55. The molecule has 6 heteroatoms. The summed E-state index contributed by atoms with van der Waals surface area (Å²) in [5.74, 6) is -0.425. The Labute approximate surface area is 91.8 Å². The lowest BCUT2D eigenvalue weighted by Crippen LogP contribution is -2.30. The summed E-state index contributed by atoms with van der Waals surface area (Å²) in [7, 11) is 0. The van der Waals surface area contributed by atoms with Gasteiger partial charge in [0, 0.05) is 13.0 Å². The lowest BCUT2D eigenvalue weighted by molar-refractivity contribution is -0.133. The molecule has 6 nitrogen and oxygen atoms in total. The van der Waals surface area contributed by atoms with Gasteiger partial charge >= 0.3 is 0 Å². The number of nitrogens with zero attached hydrogens (tertiary/aromatic N) is 1. The van der Waals surface area contributed by atoms with E-state index in [0.29, 0.717) is 18.8 Å². The normalized spacial score (nSPS) is 20.2. The minimum Gasteiger partial charge on any atom is -0.467 e. The first-order chi connectivity index (χ1) is 7.70. The maximum absolute atomic E-state index is 11.6. The molecule has 2 N–H and O–H groups in total.